The van der Waals surface area contributed by atoms with Crippen LogP contribution in [0.3, 0.4) is 0 Å². The van der Waals surface area contributed by atoms with Gasteiger partial charge in [0.25, 0.3) is 0 Å². The van der Waals surface area contributed by atoms with Crippen LogP contribution < -0.4 is 9.05 Å². The minimum Gasteiger partial charge on any atom is -0.417 e. The van der Waals surface area contributed by atoms with E-state index in [4.69, 9.17) is 13.6 Å². The van der Waals surface area contributed by atoms with E-state index >= 15 is 0 Å². The van der Waals surface area contributed by atoms with Gasteiger partial charge in [0.05, 0.1) is 0 Å². The van der Waals surface area contributed by atoms with E-state index in [-0.39, 0.29) is 21.7 Å². The Bertz CT molecular complexity index is 1040. The first-order valence-corrected chi connectivity index (χ1v) is 14.6. The van der Waals surface area contributed by atoms with Crippen molar-refractivity contribution in [2.24, 2.45) is 0 Å². The molecule has 4 heteroatoms. The van der Waals surface area contributed by atoms with Crippen molar-refractivity contribution < 1.29 is 13.6 Å². The topological polar surface area (TPSA) is 27.7 Å². The molecule has 2 aromatic rings. The summed E-state index contributed by atoms with van der Waals surface area (Å²) in [6, 6.07) is 4.35. The molecule has 0 atom stereocenters. The summed E-state index contributed by atoms with van der Waals surface area (Å²) in [5.74, 6) is 1.70. The Labute approximate surface area is 229 Å². The van der Waals surface area contributed by atoms with Crippen LogP contribution in [0, 0.1) is 27.7 Å². The van der Waals surface area contributed by atoms with Crippen LogP contribution in [-0.2, 0) is 26.2 Å². The zero-order valence-electron chi connectivity index (χ0n) is 26.8. The summed E-state index contributed by atoms with van der Waals surface area (Å²) in [6.45, 7) is 36.0. The minimum absolute atomic E-state index is 0.0423. The number of benzene rings is 2. The Kier molecular flexibility index (Phi) is 9.01. The Morgan fingerprint density at radius 3 is 0.973 bits per heavy atom. The fourth-order valence-electron chi connectivity index (χ4n) is 6.46. The number of hydrogen-bond donors (Lipinski definition) is 0. The van der Waals surface area contributed by atoms with E-state index in [9.17, 15) is 0 Å². The first-order valence-electron chi connectivity index (χ1n) is 13.5. The van der Waals surface area contributed by atoms with Gasteiger partial charge in [-0.1, -0.05) is 83.1 Å². The fourth-order valence-corrected chi connectivity index (χ4v) is 7.26. The third-order valence-corrected chi connectivity index (χ3v) is 7.96. The Hall–Kier alpha value is -1.57. The molecule has 0 N–H and O–H groups in total. The maximum absolute atomic E-state index is 6.62. The zero-order valence-corrected chi connectivity index (χ0v) is 27.7. The highest BCUT2D eigenvalue weighted by Gasteiger charge is 2.33. The first-order chi connectivity index (χ1) is 16.5. The van der Waals surface area contributed by atoms with Crippen molar-refractivity contribution in [3.8, 4) is 11.5 Å². The second-order valence-corrected chi connectivity index (χ2v) is 15.9. The highest BCUT2D eigenvalue weighted by molar-refractivity contribution is 7.42. The second kappa shape index (κ2) is 10.5. The molecule has 0 spiro atoms. The van der Waals surface area contributed by atoms with E-state index in [0.29, 0.717) is 0 Å². The summed E-state index contributed by atoms with van der Waals surface area (Å²) in [6.07, 6.45) is 0. The van der Waals surface area contributed by atoms with Crippen molar-refractivity contribution in [2.45, 2.75) is 132 Å². The quantitative estimate of drug-likeness (QED) is 0.361. The third kappa shape index (κ3) is 6.90. The van der Waals surface area contributed by atoms with Gasteiger partial charge in [0.2, 0.25) is 0 Å². The van der Waals surface area contributed by atoms with Crippen LogP contribution in [0.1, 0.15) is 128 Å². The number of rotatable bonds is 5. The van der Waals surface area contributed by atoms with Crippen LogP contribution in [0.5, 0.6) is 11.5 Å². The molecule has 2 rings (SSSR count). The van der Waals surface area contributed by atoms with Gasteiger partial charge >= 0.3 is 8.60 Å². The maximum atomic E-state index is 6.62. The van der Waals surface area contributed by atoms with E-state index in [1.165, 1.54) is 44.5 Å². The molecule has 0 aliphatic carbocycles. The summed E-state index contributed by atoms with van der Waals surface area (Å²) in [5, 5.41) is 0. The zero-order chi connectivity index (χ0) is 28.9. The number of hydrogen-bond acceptors (Lipinski definition) is 3. The van der Waals surface area contributed by atoms with Gasteiger partial charge < -0.3 is 9.05 Å². The summed E-state index contributed by atoms with van der Waals surface area (Å²) in [4.78, 5) is 0. The molecular weight excluding hydrogens is 475 g/mol. The predicted octanol–water partition coefficient (Wildman–Crippen LogP) is 10.4. The molecule has 0 radical (unpaired) electrons. The van der Waals surface area contributed by atoms with Crippen LogP contribution >= 0.6 is 8.60 Å². The lowest BCUT2D eigenvalue weighted by atomic mass is 9.74. The molecule has 0 saturated carbocycles. The minimum atomic E-state index is -1.66. The van der Waals surface area contributed by atoms with Crippen LogP contribution in [0.15, 0.2) is 12.1 Å². The van der Waals surface area contributed by atoms with E-state index in [1.54, 1.807) is 7.11 Å². The van der Waals surface area contributed by atoms with Gasteiger partial charge in [-0.25, -0.2) is 0 Å². The van der Waals surface area contributed by atoms with E-state index < -0.39 is 8.60 Å². The molecule has 0 heterocycles. The fraction of sp³-hybridized carbons (Fsp3) is 0.636. The van der Waals surface area contributed by atoms with Crippen molar-refractivity contribution in [3.05, 3.63) is 56.6 Å². The SMILES string of the molecule is COP(Oc1cc(C)c(C(C)(C)C)c(C)c1C(C)(C)C)Oc1cc(C)c(C(C)(C)C)c(C)c1C(C)(C)C. The average Bonchev–Trinajstić information content (AvgIpc) is 2.61. The molecule has 0 aliphatic heterocycles. The molecule has 0 aliphatic rings. The van der Waals surface area contributed by atoms with Gasteiger partial charge in [0.1, 0.15) is 11.5 Å². The highest BCUT2D eigenvalue weighted by Crippen LogP contribution is 2.50. The largest absolute Gasteiger partial charge is 0.462 e. The maximum Gasteiger partial charge on any atom is 0.462 e. The predicted molar refractivity (Wildman–Crippen MR) is 162 cm³/mol. The van der Waals surface area contributed by atoms with Crippen molar-refractivity contribution in [1.82, 2.24) is 0 Å². The summed E-state index contributed by atoms with van der Waals surface area (Å²) < 4.78 is 19.1. The standard InChI is InChI=1S/C33H53O3P/c1-20-18-24(28(32(11,12)13)22(3)26(20)30(5,6)7)35-37(34-17)36-25-19-21(2)27(31(8,9)10)23(4)29(25)33(14,15)16/h18-19H,1-17H3. The molecule has 2 aromatic carbocycles. The van der Waals surface area contributed by atoms with Crippen LogP contribution in [0.25, 0.3) is 0 Å². The highest BCUT2D eigenvalue weighted by atomic mass is 31.2. The smallest absolute Gasteiger partial charge is 0.417 e. The van der Waals surface area contributed by atoms with Crippen molar-refractivity contribution in [2.75, 3.05) is 7.11 Å². The summed E-state index contributed by atoms with van der Waals surface area (Å²) >= 11 is 0. The summed E-state index contributed by atoms with van der Waals surface area (Å²) in [7, 11) is 0.00957. The third-order valence-electron chi connectivity index (χ3n) is 6.97. The molecule has 0 aromatic heterocycles. The molecule has 0 fully saturated rings. The van der Waals surface area contributed by atoms with Crippen LogP contribution in [0.2, 0.25) is 0 Å². The van der Waals surface area contributed by atoms with Crippen LogP contribution in [-0.4, -0.2) is 7.11 Å². The molecule has 0 saturated heterocycles. The molecule has 208 valence electrons. The van der Waals surface area contributed by atoms with Crippen molar-refractivity contribution >= 4 is 8.60 Å². The molecule has 0 unspecified atom stereocenters. The first kappa shape index (κ1) is 31.6. The van der Waals surface area contributed by atoms with Gasteiger partial charge in [-0.3, -0.25) is 4.52 Å². The molecule has 0 bridgehead atoms. The van der Waals surface area contributed by atoms with Gasteiger partial charge in [-0.15, -0.1) is 0 Å². The lowest BCUT2D eigenvalue weighted by molar-refractivity contribution is 0.317. The van der Waals surface area contributed by atoms with Crippen molar-refractivity contribution in [1.29, 1.82) is 0 Å². The molecule has 37 heavy (non-hydrogen) atoms. The normalized spacial score (nSPS) is 13.4. The molecule has 0 amide bonds. The van der Waals surface area contributed by atoms with Crippen molar-refractivity contribution in [3.63, 3.8) is 0 Å². The Morgan fingerprint density at radius 1 is 0.486 bits per heavy atom. The van der Waals surface area contributed by atoms with E-state index in [2.05, 4.69) is 123 Å². The lowest BCUT2D eigenvalue weighted by Crippen LogP contribution is -2.22. The summed E-state index contributed by atoms with van der Waals surface area (Å²) in [5.41, 5.74) is 10.1. The van der Waals surface area contributed by atoms with Gasteiger partial charge in [-0.2, -0.15) is 0 Å². The van der Waals surface area contributed by atoms with Gasteiger partial charge in [0.15, 0.2) is 0 Å². The average molecular weight is 529 g/mol. The second-order valence-electron chi connectivity index (χ2n) is 14.7. The number of aryl methyl sites for hydroxylation is 2. The lowest BCUT2D eigenvalue weighted by Gasteiger charge is -2.34. The van der Waals surface area contributed by atoms with E-state index in [1.807, 2.05) is 0 Å². The van der Waals surface area contributed by atoms with Gasteiger partial charge in [0, 0.05) is 18.2 Å². The Balaban J connectivity index is 2.68. The molecule has 3 nitrogen and oxygen atoms in total. The van der Waals surface area contributed by atoms with Crippen LogP contribution in [0.4, 0.5) is 0 Å². The Morgan fingerprint density at radius 2 is 0.757 bits per heavy atom. The molecular formula is C33H53O3P. The van der Waals surface area contributed by atoms with Gasteiger partial charge in [-0.05, 0) is 94.9 Å². The van der Waals surface area contributed by atoms with E-state index in [0.717, 1.165) is 11.5 Å². The monoisotopic (exact) mass is 528 g/mol.